The molecular weight excluding hydrogens is 224 g/mol. The van der Waals surface area contributed by atoms with Gasteiger partial charge in [0.05, 0.1) is 0 Å². The molecule has 0 heterocycles. The lowest BCUT2D eigenvalue weighted by molar-refractivity contribution is -0.238. The maximum absolute atomic E-state index is 11.8. The Morgan fingerprint density at radius 2 is 1.94 bits per heavy atom. The number of rotatable bonds is 3. The molecule has 0 aromatic carbocycles. The number of carbonyl (C=O) groups excluding carboxylic acids is 1. The first-order chi connectivity index (χ1) is 8.53. The molecule has 3 atom stereocenters. The summed E-state index contributed by atoms with van der Waals surface area (Å²) in [5.41, 5.74) is -0.0130. The normalized spacial score (nSPS) is 49.1. The fourth-order valence-corrected chi connectivity index (χ4v) is 5.32. The van der Waals surface area contributed by atoms with Crippen molar-refractivity contribution in [1.82, 2.24) is 0 Å². The standard InChI is InChI=1S/C16H24O2/c1-4-14(17)18-16-9-11-6-12(10-16)8-13(7-11)15(16,3)5-2/h4,11-13H,1,5-10H2,2-3H3. The third-order valence-electron chi connectivity index (χ3n) is 6.28. The van der Waals surface area contributed by atoms with E-state index in [9.17, 15) is 4.79 Å². The highest BCUT2D eigenvalue weighted by Crippen LogP contribution is 2.66. The zero-order valence-electron chi connectivity index (χ0n) is 11.6. The second kappa shape index (κ2) is 3.85. The van der Waals surface area contributed by atoms with Crippen LogP contribution in [-0.2, 0) is 9.53 Å². The van der Waals surface area contributed by atoms with Crippen molar-refractivity contribution in [3.8, 4) is 0 Å². The summed E-state index contributed by atoms with van der Waals surface area (Å²) in [5.74, 6) is 2.11. The minimum absolute atomic E-state index is 0.180. The van der Waals surface area contributed by atoms with Crippen LogP contribution in [0.2, 0.25) is 0 Å². The van der Waals surface area contributed by atoms with E-state index in [0.29, 0.717) is 0 Å². The zero-order valence-corrected chi connectivity index (χ0v) is 11.6. The van der Waals surface area contributed by atoms with E-state index in [2.05, 4.69) is 20.4 Å². The summed E-state index contributed by atoms with van der Waals surface area (Å²) in [4.78, 5) is 11.8. The molecule has 2 nitrogen and oxygen atoms in total. The Hall–Kier alpha value is -0.790. The van der Waals surface area contributed by atoms with Gasteiger partial charge in [-0.3, -0.25) is 0 Å². The summed E-state index contributed by atoms with van der Waals surface area (Å²) >= 11 is 0. The molecule has 2 heteroatoms. The third-order valence-corrected chi connectivity index (χ3v) is 6.28. The molecule has 0 spiro atoms. The van der Waals surface area contributed by atoms with Crippen LogP contribution in [0.4, 0.5) is 0 Å². The monoisotopic (exact) mass is 248 g/mol. The van der Waals surface area contributed by atoms with Gasteiger partial charge in [-0.2, -0.15) is 0 Å². The van der Waals surface area contributed by atoms with Gasteiger partial charge in [-0.15, -0.1) is 0 Å². The molecule has 0 saturated heterocycles. The van der Waals surface area contributed by atoms with E-state index in [1.54, 1.807) is 0 Å². The van der Waals surface area contributed by atoms with Crippen molar-refractivity contribution >= 4 is 5.97 Å². The summed E-state index contributed by atoms with van der Waals surface area (Å²) in [6.07, 6.45) is 8.69. The van der Waals surface area contributed by atoms with E-state index in [4.69, 9.17) is 4.74 Å². The Labute approximate surface area is 110 Å². The van der Waals surface area contributed by atoms with Gasteiger partial charge in [-0.25, -0.2) is 4.79 Å². The molecule has 0 N–H and O–H groups in total. The van der Waals surface area contributed by atoms with Gasteiger partial charge in [0.25, 0.3) is 0 Å². The van der Waals surface area contributed by atoms with Crippen LogP contribution in [0.25, 0.3) is 0 Å². The summed E-state index contributed by atoms with van der Waals surface area (Å²) in [7, 11) is 0. The number of carbonyl (C=O) groups is 1. The van der Waals surface area contributed by atoms with Crippen LogP contribution in [0.1, 0.15) is 52.4 Å². The SMILES string of the molecule is C=CC(=O)OC12CC3CC(CC(C3)C1(C)CC)C2. The maximum Gasteiger partial charge on any atom is 0.330 e. The van der Waals surface area contributed by atoms with Gasteiger partial charge in [0.15, 0.2) is 0 Å². The fourth-order valence-electron chi connectivity index (χ4n) is 5.32. The molecule has 100 valence electrons. The fraction of sp³-hybridized carbons (Fsp3) is 0.812. The van der Waals surface area contributed by atoms with Crippen molar-refractivity contribution in [2.75, 3.05) is 0 Å². The van der Waals surface area contributed by atoms with E-state index < -0.39 is 0 Å². The molecule has 4 saturated carbocycles. The second-order valence-corrected chi connectivity index (χ2v) is 6.93. The second-order valence-electron chi connectivity index (χ2n) is 6.93. The van der Waals surface area contributed by atoms with Crippen LogP contribution in [0.3, 0.4) is 0 Å². The molecule has 0 aliphatic heterocycles. The minimum atomic E-state index is -0.225. The van der Waals surface area contributed by atoms with Gasteiger partial charge >= 0.3 is 5.97 Å². The van der Waals surface area contributed by atoms with Crippen LogP contribution in [0.15, 0.2) is 12.7 Å². The number of esters is 1. The lowest BCUT2D eigenvalue weighted by Crippen LogP contribution is -2.64. The minimum Gasteiger partial charge on any atom is -0.455 e. The van der Waals surface area contributed by atoms with E-state index in [-0.39, 0.29) is 17.0 Å². The van der Waals surface area contributed by atoms with E-state index in [1.807, 2.05) is 0 Å². The van der Waals surface area contributed by atoms with Crippen molar-refractivity contribution < 1.29 is 9.53 Å². The van der Waals surface area contributed by atoms with Crippen LogP contribution < -0.4 is 0 Å². The molecule has 0 aromatic rings. The van der Waals surface area contributed by atoms with Crippen LogP contribution in [0, 0.1) is 23.2 Å². The summed E-state index contributed by atoms with van der Waals surface area (Å²) in [6, 6.07) is 0. The third kappa shape index (κ3) is 1.44. The molecule has 4 fully saturated rings. The molecular formula is C16H24O2. The van der Waals surface area contributed by atoms with Crippen LogP contribution in [-0.4, -0.2) is 11.6 Å². The van der Waals surface area contributed by atoms with Gasteiger partial charge in [0.2, 0.25) is 0 Å². The molecule has 4 aliphatic rings. The quantitative estimate of drug-likeness (QED) is 0.562. The van der Waals surface area contributed by atoms with Gasteiger partial charge < -0.3 is 4.74 Å². The Morgan fingerprint density at radius 3 is 2.44 bits per heavy atom. The van der Waals surface area contributed by atoms with Gasteiger partial charge in [0.1, 0.15) is 5.60 Å². The average molecular weight is 248 g/mol. The van der Waals surface area contributed by atoms with Crippen molar-refractivity contribution in [2.45, 2.75) is 58.0 Å². The predicted octanol–water partition coefficient (Wildman–Crippen LogP) is 3.71. The predicted molar refractivity (Wildman–Crippen MR) is 71.0 cm³/mol. The summed E-state index contributed by atoms with van der Waals surface area (Å²) in [5, 5.41) is 0. The molecule has 4 rings (SSSR count). The lowest BCUT2D eigenvalue weighted by atomic mass is 9.43. The topological polar surface area (TPSA) is 26.3 Å². The van der Waals surface area contributed by atoms with Crippen molar-refractivity contribution in [1.29, 1.82) is 0 Å². The molecule has 4 aliphatic carbocycles. The highest BCUT2D eigenvalue weighted by Gasteiger charge is 2.64. The summed E-state index contributed by atoms with van der Waals surface area (Å²) < 4.78 is 5.95. The first-order valence-corrected chi connectivity index (χ1v) is 7.38. The Bertz CT molecular complexity index is 373. The maximum atomic E-state index is 11.8. The molecule has 18 heavy (non-hydrogen) atoms. The zero-order chi connectivity index (χ0) is 13.0. The van der Waals surface area contributed by atoms with E-state index in [0.717, 1.165) is 37.0 Å². The van der Waals surface area contributed by atoms with Gasteiger partial charge in [-0.1, -0.05) is 20.4 Å². The number of hydrogen-bond acceptors (Lipinski definition) is 2. The Balaban J connectivity index is 1.98. The lowest BCUT2D eigenvalue weighted by Gasteiger charge is -2.65. The van der Waals surface area contributed by atoms with Crippen molar-refractivity contribution in [2.24, 2.45) is 23.2 Å². The van der Waals surface area contributed by atoms with Crippen molar-refractivity contribution in [3.05, 3.63) is 12.7 Å². The van der Waals surface area contributed by atoms with Crippen LogP contribution in [0.5, 0.6) is 0 Å². The molecule has 0 radical (unpaired) electrons. The Morgan fingerprint density at radius 1 is 1.33 bits per heavy atom. The number of hydrogen-bond donors (Lipinski definition) is 0. The van der Waals surface area contributed by atoms with E-state index >= 15 is 0 Å². The molecule has 3 unspecified atom stereocenters. The van der Waals surface area contributed by atoms with Crippen molar-refractivity contribution in [3.63, 3.8) is 0 Å². The Kier molecular flexibility index (Phi) is 2.62. The van der Waals surface area contributed by atoms with Gasteiger partial charge in [-0.05, 0) is 56.3 Å². The molecule has 4 bridgehead atoms. The number of ether oxygens (including phenoxy) is 1. The highest BCUT2D eigenvalue weighted by molar-refractivity contribution is 5.81. The largest absolute Gasteiger partial charge is 0.455 e. The smallest absolute Gasteiger partial charge is 0.330 e. The average Bonchev–Trinajstić information content (AvgIpc) is 2.34. The van der Waals surface area contributed by atoms with Crippen LogP contribution >= 0.6 is 0 Å². The van der Waals surface area contributed by atoms with E-state index in [1.165, 1.54) is 25.3 Å². The molecule has 0 aromatic heterocycles. The first-order valence-electron chi connectivity index (χ1n) is 7.38. The summed E-state index contributed by atoms with van der Waals surface area (Å²) in [6.45, 7) is 8.17. The first kappa shape index (κ1) is 12.3. The molecule has 0 amide bonds. The highest BCUT2D eigenvalue weighted by atomic mass is 16.6. The van der Waals surface area contributed by atoms with Gasteiger partial charge in [0, 0.05) is 11.5 Å².